The molecule has 0 aliphatic heterocycles. The Kier molecular flexibility index (Phi) is 32.2. The predicted molar refractivity (Wildman–Crippen MR) is 208 cm³/mol. The van der Waals surface area contributed by atoms with Gasteiger partial charge in [-0.2, -0.15) is 0 Å². The van der Waals surface area contributed by atoms with Crippen LogP contribution < -0.4 is 5.32 Å². The maximum Gasteiger partial charge on any atom is 0.472 e. The average Bonchev–Trinajstić information content (AvgIpc) is 3.04. The third-order valence-corrected chi connectivity index (χ3v) is 9.91. The summed E-state index contributed by atoms with van der Waals surface area (Å²) < 4.78 is 23.4. The lowest BCUT2D eigenvalue weighted by atomic mass is 10.0. The van der Waals surface area contributed by atoms with Gasteiger partial charge in [-0.25, -0.2) is 4.57 Å². The lowest BCUT2D eigenvalue weighted by Gasteiger charge is -2.25. The van der Waals surface area contributed by atoms with Gasteiger partial charge in [0, 0.05) is 6.42 Å². The average molecular weight is 716 g/mol. The summed E-state index contributed by atoms with van der Waals surface area (Å²) in [6.07, 6.45) is 36.9. The summed E-state index contributed by atoms with van der Waals surface area (Å²) in [6, 6.07) is -0.855. The summed E-state index contributed by atoms with van der Waals surface area (Å²) in [7, 11) is 1.55. The van der Waals surface area contributed by atoms with E-state index in [0.717, 1.165) is 38.5 Å². The van der Waals surface area contributed by atoms with Crippen LogP contribution in [-0.2, 0) is 18.4 Å². The molecule has 0 heterocycles. The Morgan fingerprint density at radius 2 is 1.12 bits per heavy atom. The Morgan fingerprint density at radius 1 is 0.673 bits per heavy atom. The maximum absolute atomic E-state index is 12.8. The number of amides is 1. The molecule has 0 aliphatic carbocycles. The lowest BCUT2D eigenvalue weighted by Crippen LogP contribution is -2.45. The molecule has 3 atom stereocenters. The number of phosphoric ester groups is 1. The molecule has 0 bridgehead atoms. The Hall–Kier alpha value is -1.02. The highest BCUT2D eigenvalue weighted by Gasteiger charge is 2.27. The van der Waals surface area contributed by atoms with E-state index in [2.05, 4.69) is 31.3 Å². The smallest absolute Gasteiger partial charge is 0.387 e. The van der Waals surface area contributed by atoms with Crippen LogP contribution in [0.15, 0.2) is 24.3 Å². The zero-order valence-electron chi connectivity index (χ0n) is 32.7. The summed E-state index contributed by atoms with van der Waals surface area (Å²) in [5.41, 5.74) is 0. The monoisotopic (exact) mass is 716 g/mol. The number of rotatable bonds is 36. The third kappa shape index (κ3) is 35.2. The normalized spacial score (nSPS) is 14.8. The van der Waals surface area contributed by atoms with Crippen molar-refractivity contribution >= 4 is 13.7 Å². The Balaban J connectivity index is 4.29. The number of likely N-dealkylation sites (N-methyl/N-ethyl adjacent to an activating group) is 1. The molecule has 0 fully saturated rings. The highest BCUT2D eigenvalue weighted by Crippen LogP contribution is 2.43. The molecule has 9 heteroatoms. The summed E-state index contributed by atoms with van der Waals surface area (Å²) in [6.45, 7) is 4.71. The molecule has 0 saturated heterocycles. The van der Waals surface area contributed by atoms with E-state index in [-0.39, 0.29) is 19.1 Å². The maximum atomic E-state index is 12.8. The van der Waals surface area contributed by atoms with Gasteiger partial charge < -0.3 is 19.8 Å². The number of phosphoric acid groups is 1. The van der Waals surface area contributed by atoms with E-state index in [1.54, 1.807) is 6.08 Å². The number of carbonyl (C=O) groups excluding carboxylic acids is 1. The van der Waals surface area contributed by atoms with Gasteiger partial charge in [-0.05, 0) is 25.7 Å². The van der Waals surface area contributed by atoms with Gasteiger partial charge in [0.2, 0.25) is 5.91 Å². The number of nitrogens with zero attached hydrogens (tertiary/aromatic N) is 1. The number of carbonyl (C=O) groups is 1. The zero-order valence-corrected chi connectivity index (χ0v) is 33.6. The number of aliphatic hydroxyl groups excluding tert-OH is 1. The van der Waals surface area contributed by atoms with Gasteiger partial charge in [-0.15, -0.1) is 0 Å². The second kappa shape index (κ2) is 32.9. The first kappa shape index (κ1) is 48.0. The first-order valence-corrected chi connectivity index (χ1v) is 21.7. The molecule has 0 aromatic carbocycles. The van der Waals surface area contributed by atoms with Crippen LogP contribution in [0.3, 0.4) is 0 Å². The lowest BCUT2D eigenvalue weighted by molar-refractivity contribution is -0.870. The topological polar surface area (TPSA) is 105 Å². The van der Waals surface area contributed by atoms with Crippen LogP contribution in [0.1, 0.15) is 174 Å². The molecule has 0 saturated carbocycles. The minimum absolute atomic E-state index is 0.0575. The second-order valence-electron chi connectivity index (χ2n) is 15.0. The largest absolute Gasteiger partial charge is 0.472 e. The van der Waals surface area contributed by atoms with Crippen molar-refractivity contribution < 1.29 is 32.9 Å². The summed E-state index contributed by atoms with van der Waals surface area (Å²) in [4.78, 5) is 22.9. The van der Waals surface area contributed by atoms with E-state index < -0.39 is 20.0 Å². The highest BCUT2D eigenvalue weighted by molar-refractivity contribution is 7.47. The molecule has 49 heavy (non-hydrogen) atoms. The quantitative estimate of drug-likeness (QED) is 0.0258. The van der Waals surface area contributed by atoms with E-state index >= 15 is 0 Å². The Morgan fingerprint density at radius 3 is 1.61 bits per heavy atom. The van der Waals surface area contributed by atoms with Crippen LogP contribution in [0, 0.1) is 0 Å². The van der Waals surface area contributed by atoms with Crippen molar-refractivity contribution in [3.05, 3.63) is 24.3 Å². The fourth-order valence-corrected chi connectivity index (χ4v) is 6.37. The van der Waals surface area contributed by atoms with Crippen LogP contribution in [0.4, 0.5) is 0 Å². The Labute approximate surface area is 303 Å². The van der Waals surface area contributed by atoms with E-state index in [0.29, 0.717) is 17.4 Å². The number of unbranched alkanes of at least 4 members (excludes halogenated alkanes) is 21. The van der Waals surface area contributed by atoms with Crippen molar-refractivity contribution in [1.82, 2.24) is 5.32 Å². The molecule has 3 N–H and O–H groups in total. The summed E-state index contributed by atoms with van der Waals surface area (Å²) in [5, 5.41) is 13.7. The molecular weight excluding hydrogens is 635 g/mol. The molecule has 3 unspecified atom stereocenters. The van der Waals surface area contributed by atoms with Gasteiger partial charge in [-0.3, -0.25) is 13.8 Å². The first-order chi connectivity index (χ1) is 23.5. The minimum Gasteiger partial charge on any atom is -0.387 e. The van der Waals surface area contributed by atoms with Gasteiger partial charge in [0.1, 0.15) is 13.2 Å². The number of hydrogen-bond acceptors (Lipinski definition) is 5. The molecule has 0 aromatic rings. The number of aliphatic hydroxyl groups is 1. The molecule has 0 radical (unpaired) electrons. The van der Waals surface area contributed by atoms with Gasteiger partial charge >= 0.3 is 7.82 Å². The van der Waals surface area contributed by atoms with Crippen LogP contribution in [0.5, 0.6) is 0 Å². The van der Waals surface area contributed by atoms with Crippen molar-refractivity contribution in [2.75, 3.05) is 40.9 Å². The summed E-state index contributed by atoms with van der Waals surface area (Å²) in [5.74, 6) is -0.189. The predicted octanol–water partition coefficient (Wildman–Crippen LogP) is 10.6. The van der Waals surface area contributed by atoms with E-state index in [1.807, 2.05) is 27.2 Å². The van der Waals surface area contributed by atoms with Crippen LogP contribution in [0.2, 0.25) is 0 Å². The van der Waals surface area contributed by atoms with Gasteiger partial charge in [0.15, 0.2) is 0 Å². The number of allylic oxidation sites excluding steroid dienone is 3. The molecule has 0 rings (SSSR count). The molecular formula is C40H80N2O6P+. The number of hydrogen-bond donors (Lipinski definition) is 3. The second-order valence-corrected chi connectivity index (χ2v) is 16.5. The minimum atomic E-state index is -4.33. The van der Waals surface area contributed by atoms with Gasteiger partial charge in [0.05, 0.1) is 39.9 Å². The van der Waals surface area contributed by atoms with Crippen molar-refractivity contribution in [3.63, 3.8) is 0 Å². The summed E-state index contributed by atoms with van der Waals surface area (Å²) >= 11 is 0. The molecule has 0 aliphatic rings. The van der Waals surface area contributed by atoms with Crippen LogP contribution in [0.25, 0.3) is 0 Å². The zero-order chi connectivity index (χ0) is 36.5. The van der Waals surface area contributed by atoms with Crippen molar-refractivity contribution in [2.45, 2.75) is 187 Å². The first-order valence-electron chi connectivity index (χ1n) is 20.2. The number of nitrogens with one attached hydrogen (secondary N) is 1. The van der Waals surface area contributed by atoms with Crippen molar-refractivity contribution in [3.8, 4) is 0 Å². The Bertz CT molecular complexity index is 860. The van der Waals surface area contributed by atoms with Crippen LogP contribution >= 0.6 is 7.82 Å². The van der Waals surface area contributed by atoms with Gasteiger partial charge in [-0.1, -0.05) is 167 Å². The van der Waals surface area contributed by atoms with Crippen LogP contribution in [-0.4, -0.2) is 73.4 Å². The van der Waals surface area contributed by atoms with Crippen molar-refractivity contribution in [2.24, 2.45) is 0 Å². The molecule has 0 spiro atoms. The van der Waals surface area contributed by atoms with E-state index in [9.17, 15) is 19.4 Å². The highest BCUT2D eigenvalue weighted by atomic mass is 31.2. The molecule has 1 amide bonds. The molecule has 0 aromatic heterocycles. The van der Waals surface area contributed by atoms with E-state index in [1.165, 1.54) is 116 Å². The SMILES string of the molecule is CCCC/C=C/CC/C=C/C(O)C(COP(=O)(O)OCC[N+](C)(C)C)NC(=O)CCCCCCCCCCCCCCCCCCCCC. The van der Waals surface area contributed by atoms with Crippen molar-refractivity contribution in [1.29, 1.82) is 0 Å². The standard InChI is InChI=1S/C40H79N2O6P/c1-6-8-10-12-14-16-17-18-19-20-21-22-23-24-25-26-28-30-32-34-40(44)41-38(37-48-49(45,46)47-36-35-42(3,4)5)39(43)33-31-29-27-15-13-11-9-7-2/h13,15,31,33,38-39,43H,6-12,14,16-30,32,34-37H2,1-5H3,(H-,41,44,45,46)/p+1/b15-13+,33-31+. The fourth-order valence-electron chi connectivity index (χ4n) is 5.63. The third-order valence-electron chi connectivity index (χ3n) is 8.92. The molecule has 8 nitrogen and oxygen atoms in total. The van der Waals surface area contributed by atoms with E-state index in [4.69, 9.17) is 9.05 Å². The number of quaternary nitrogens is 1. The van der Waals surface area contributed by atoms with Gasteiger partial charge in [0.25, 0.3) is 0 Å². The molecule has 290 valence electrons. The fraction of sp³-hybridized carbons (Fsp3) is 0.875.